The normalized spacial score (nSPS) is 17.0. The fourth-order valence-electron chi connectivity index (χ4n) is 3.91. The summed E-state index contributed by atoms with van der Waals surface area (Å²) >= 11 is 5.84. The van der Waals surface area contributed by atoms with E-state index in [1.807, 2.05) is 42.5 Å². The number of hydrogen-bond acceptors (Lipinski definition) is 4. The Morgan fingerprint density at radius 1 is 1.07 bits per heavy atom. The molecule has 1 aliphatic rings. The molecule has 210 valence electrons. The van der Waals surface area contributed by atoms with E-state index >= 15 is 0 Å². The van der Waals surface area contributed by atoms with Crippen LogP contribution in [0.15, 0.2) is 98.2 Å². The SMILES string of the molecule is C[Se]/C(N)=N\C(=N\S(=O)(=O)c1ccc(OC(F)(F)F)cc1)N1CCC(c2ccccc2)C(c2ccc(Cl)cc2)=N1. The van der Waals surface area contributed by atoms with Crippen LogP contribution in [-0.2, 0) is 10.0 Å². The van der Waals surface area contributed by atoms with Gasteiger partial charge < -0.3 is 0 Å². The molecule has 0 saturated carbocycles. The van der Waals surface area contributed by atoms with Crippen molar-refractivity contribution in [2.24, 2.45) is 20.2 Å². The number of hydrogen-bond donors (Lipinski definition) is 1. The van der Waals surface area contributed by atoms with Crippen LogP contribution in [0, 0.1) is 0 Å². The van der Waals surface area contributed by atoms with Crippen molar-refractivity contribution < 1.29 is 26.3 Å². The minimum absolute atomic E-state index is 0.102. The van der Waals surface area contributed by atoms with Crippen molar-refractivity contribution >= 4 is 53.0 Å². The predicted molar refractivity (Wildman–Crippen MR) is 149 cm³/mol. The average molecular weight is 657 g/mol. The number of nitrogens with zero attached hydrogens (tertiary/aromatic N) is 4. The van der Waals surface area contributed by atoms with Crippen molar-refractivity contribution in [1.82, 2.24) is 5.01 Å². The van der Waals surface area contributed by atoms with Crippen LogP contribution in [0.4, 0.5) is 13.2 Å². The van der Waals surface area contributed by atoms with Crippen molar-refractivity contribution in [3.8, 4) is 5.75 Å². The van der Waals surface area contributed by atoms with Crippen molar-refractivity contribution in [2.75, 3.05) is 6.54 Å². The third-order valence-electron chi connectivity index (χ3n) is 5.74. The minimum atomic E-state index is -4.91. The van der Waals surface area contributed by atoms with Crippen molar-refractivity contribution in [1.29, 1.82) is 0 Å². The Hall–Kier alpha value is -3.38. The van der Waals surface area contributed by atoms with E-state index in [0.29, 0.717) is 17.2 Å². The van der Waals surface area contributed by atoms with Gasteiger partial charge in [-0.3, -0.25) is 0 Å². The van der Waals surface area contributed by atoms with Crippen LogP contribution >= 0.6 is 11.6 Å². The van der Waals surface area contributed by atoms with E-state index in [0.717, 1.165) is 35.4 Å². The molecule has 0 bridgehead atoms. The molecular weight excluding hydrogens is 634 g/mol. The van der Waals surface area contributed by atoms with E-state index in [9.17, 15) is 21.6 Å². The summed E-state index contributed by atoms with van der Waals surface area (Å²) in [7, 11) is -4.41. The summed E-state index contributed by atoms with van der Waals surface area (Å²) in [5.41, 5.74) is 8.45. The van der Waals surface area contributed by atoms with Gasteiger partial charge in [-0.25, -0.2) is 0 Å². The van der Waals surface area contributed by atoms with Crippen LogP contribution in [0.1, 0.15) is 23.5 Å². The van der Waals surface area contributed by atoms with E-state index in [-0.39, 0.29) is 43.0 Å². The molecule has 1 unspecified atom stereocenters. The molecule has 40 heavy (non-hydrogen) atoms. The number of hydrazone groups is 1. The third kappa shape index (κ3) is 7.63. The first-order chi connectivity index (χ1) is 18.9. The Bertz CT molecular complexity index is 1530. The zero-order chi connectivity index (χ0) is 28.9. The number of alkyl halides is 3. The number of aliphatic imine (C=N–C) groups is 1. The molecule has 0 spiro atoms. The van der Waals surface area contributed by atoms with Gasteiger partial charge in [-0.2, -0.15) is 0 Å². The first-order valence-electron chi connectivity index (χ1n) is 11.7. The molecule has 0 fully saturated rings. The van der Waals surface area contributed by atoms with Gasteiger partial charge in [-0.05, 0) is 0 Å². The summed E-state index contributed by atoms with van der Waals surface area (Å²) in [6.45, 7) is 0.275. The average Bonchev–Trinajstić information content (AvgIpc) is 2.92. The number of benzene rings is 3. The standard InChI is InChI=1S/C26H23ClF3N5O3SSe/c1-40-24(31)32-25(34-39(36,37)21-13-11-20(12-14-21)38-26(28,29)30)35-16-15-22(17-5-3-2-4-6-17)23(33-35)18-7-9-19(27)10-8-18/h2-14,22H,15-16H2,1H3,(H2,31,32,34). The Balaban J connectivity index is 1.77. The molecule has 1 heterocycles. The van der Waals surface area contributed by atoms with Gasteiger partial charge in [0.25, 0.3) is 0 Å². The molecule has 0 saturated heterocycles. The third-order valence-corrected chi connectivity index (χ3v) is 8.33. The van der Waals surface area contributed by atoms with Crippen molar-refractivity contribution in [3.05, 3.63) is 95.0 Å². The van der Waals surface area contributed by atoms with Crippen molar-refractivity contribution in [3.63, 3.8) is 0 Å². The number of halogens is 4. The molecule has 4 rings (SSSR count). The summed E-state index contributed by atoms with van der Waals surface area (Å²) in [5, 5.41) is 6.70. The Morgan fingerprint density at radius 3 is 2.33 bits per heavy atom. The summed E-state index contributed by atoms with van der Waals surface area (Å²) in [6.07, 6.45) is -4.35. The number of ether oxygens (including phenoxy) is 1. The summed E-state index contributed by atoms with van der Waals surface area (Å²) in [5.74, 6) is 0.887. The van der Waals surface area contributed by atoms with Gasteiger partial charge in [0, 0.05) is 0 Å². The van der Waals surface area contributed by atoms with Crippen LogP contribution in [-0.4, -0.2) is 57.7 Å². The summed E-state index contributed by atoms with van der Waals surface area (Å²) in [6, 6.07) is 20.6. The number of rotatable bonds is 6. The summed E-state index contributed by atoms with van der Waals surface area (Å²) in [4.78, 5) is 3.90. The van der Waals surface area contributed by atoms with Crippen molar-refractivity contribution in [2.45, 2.75) is 29.4 Å². The second kappa shape index (κ2) is 12.4. The van der Waals surface area contributed by atoms with Gasteiger partial charge in [0.1, 0.15) is 0 Å². The zero-order valence-corrected chi connectivity index (χ0v) is 24.2. The molecule has 0 amide bonds. The van der Waals surface area contributed by atoms with Crippen LogP contribution in [0.3, 0.4) is 0 Å². The van der Waals surface area contributed by atoms with Gasteiger partial charge in [-0.15, -0.1) is 0 Å². The molecular formula is C26H23ClF3N5O3SSe. The van der Waals surface area contributed by atoms with Gasteiger partial charge in [0.05, 0.1) is 0 Å². The fraction of sp³-hybridized carbons (Fsp3) is 0.192. The molecule has 1 atom stereocenters. The molecule has 0 radical (unpaired) electrons. The first kappa shape index (κ1) is 29.6. The Labute approximate surface area is 240 Å². The molecule has 1 aliphatic heterocycles. The van der Waals surface area contributed by atoms with E-state index in [1.165, 1.54) is 5.01 Å². The van der Waals surface area contributed by atoms with Gasteiger partial charge >= 0.3 is 241 Å². The van der Waals surface area contributed by atoms with Gasteiger partial charge in [0.15, 0.2) is 0 Å². The topological polar surface area (TPSA) is 110 Å². The maximum atomic E-state index is 13.2. The molecule has 8 nitrogen and oxygen atoms in total. The fourth-order valence-corrected chi connectivity index (χ4v) is 5.34. The molecule has 3 aromatic carbocycles. The maximum absolute atomic E-state index is 13.2. The predicted octanol–water partition coefficient (Wildman–Crippen LogP) is 5.24. The van der Waals surface area contributed by atoms with E-state index in [1.54, 1.807) is 18.0 Å². The molecule has 3 aromatic rings. The second-order valence-electron chi connectivity index (χ2n) is 8.41. The van der Waals surface area contributed by atoms with E-state index in [2.05, 4.69) is 14.1 Å². The molecule has 2 N–H and O–H groups in total. The number of amidine groups is 1. The quantitative estimate of drug-likeness (QED) is 0.222. The Kier molecular flexibility index (Phi) is 9.19. The molecule has 0 aromatic heterocycles. The van der Waals surface area contributed by atoms with Crippen LogP contribution in [0.5, 0.6) is 5.75 Å². The van der Waals surface area contributed by atoms with E-state index < -0.39 is 22.1 Å². The number of sulfonamides is 1. The number of guanidine groups is 1. The van der Waals surface area contributed by atoms with Crippen LogP contribution < -0.4 is 10.5 Å². The molecule has 14 heteroatoms. The number of nitrogens with two attached hydrogens (primary N) is 1. The van der Waals surface area contributed by atoms with E-state index in [4.69, 9.17) is 22.4 Å². The van der Waals surface area contributed by atoms with Gasteiger partial charge in [-0.1, -0.05) is 0 Å². The zero-order valence-electron chi connectivity index (χ0n) is 20.9. The molecule has 0 aliphatic carbocycles. The Morgan fingerprint density at radius 2 is 1.73 bits per heavy atom. The van der Waals surface area contributed by atoms with Crippen LogP contribution in [0.2, 0.25) is 10.8 Å². The summed E-state index contributed by atoms with van der Waals surface area (Å²) < 4.78 is 71.8. The van der Waals surface area contributed by atoms with Crippen LogP contribution in [0.25, 0.3) is 0 Å². The first-order valence-corrected chi connectivity index (χ1v) is 16.1. The van der Waals surface area contributed by atoms with Gasteiger partial charge in [0.2, 0.25) is 0 Å². The second-order valence-corrected chi connectivity index (χ2v) is 12.2. The monoisotopic (exact) mass is 657 g/mol.